The molecule has 0 amide bonds. The zero-order valence-electron chi connectivity index (χ0n) is 32.5. The second kappa shape index (κ2) is 16.5. The minimum Gasteiger partial charge on any atom is -0.506 e. The first-order valence-electron chi connectivity index (χ1n) is 20.1. The number of phenolic OH excluding ortho intramolecular Hbond substituents is 1. The number of aliphatic hydroxyl groups excluding tert-OH is 1. The molecule has 1 atom stereocenters. The van der Waals surface area contributed by atoms with E-state index in [4.69, 9.17) is 19.7 Å². The first kappa shape index (κ1) is 38.2. The van der Waals surface area contributed by atoms with Gasteiger partial charge in [0.25, 0.3) is 5.56 Å². The molecule has 9 rings (SSSR count). The molecule has 2 aliphatic heterocycles. The average molecular weight is 793 g/mol. The number of anilines is 1. The summed E-state index contributed by atoms with van der Waals surface area (Å²) in [7, 11) is 0. The lowest BCUT2D eigenvalue weighted by atomic mass is 9.77. The van der Waals surface area contributed by atoms with Crippen molar-refractivity contribution >= 4 is 16.7 Å². The van der Waals surface area contributed by atoms with Crippen molar-refractivity contribution in [1.29, 1.82) is 0 Å². The van der Waals surface area contributed by atoms with Crippen LogP contribution in [0.15, 0.2) is 138 Å². The molecule has 0 radical (unpaired) electrons. The van der Waals surface area contributed by atoms with Crippen molar-refractivity contribution in [3.05, 3.63) is 166 Å². The predicted molar refractivity (Wildman–Crippen MR) is 225 cm³/mol. The maximum absolute atomic E-state index is 16.0. The van der Waals surface area contributed by atoms with Crippen LogP contribution >= 0.6 is 0 Å². The van der Waals surface area contributed by atoms with Crippen LogP contribution in [0.25, 0.3) is 28.0 Å². The summed E-state index contributed by atoms with van der Waals surface area (Å²) in [5.41, 5.74) is 3.16. The van der Waals surface area contributed by atoms with Crippen LogP contribution in [0.3, 0.4) is 0 Å². The van der Waals surface area contributed by atoms with Crippen LogP contribution < -0.4 is 15.2 Å². The van der Waals surface area contributed by atoms with E-state index in [2.05, 4.69) is 9.80 Å². The van der Waals surface area contributed by atoms with Crippen molar-refractivity contribution in [2.45, 2.75) is 24.4 Å². The van der Waals surface area contributed by atoms with Gasteiger partial charge in [0.05, 0.1) is 37.1 Å². The van der Waals surface area contributed by atoms with Gasteiger partial charge < -0.3 is 24.6 Å². The van der Waals surface area contributed by atoms with Gasteiger partial charge >= 0.3 is 0 Å². The van der Waals surface area contributed by atoms with Crippen LogP contribution in [0.2, 0.25) is 0 Å². The Balaban J connectivity index is 1.28. The molecule has 4 heterocycles. The van der Waals surface area contributed by atoms with Gasteiger partial charge in [-0.1, -0.05) is 103 Å². The second-order valence-corrected chi connectivity index (χ2v) is 15.0. The van der Waals surface area contributed by atoms with E-state index in [0.29, 0.717) is 47.4 Å². The molecule has 7 aromatic rings. The molecule has 2 fully saturated rings. The Kier molecular flexibility index (Phi) is 10.7. The van der Waals surface area contributed by atoms with Gasteiger partial charge in [-0.05, 0) is 53.8 Å². The fourth-order valence-corrected chi connectivity index (χ4v) is 8.61. The Morgan fingerprint density at radius 1 is 0.797 bits per heavy atom. The largest absolute Gasteiger partial charge is 0.506 e. The lowest BCUT2D eigenvalue weighted by Gasteiger charge is -2.44. The molecule has 0 saturated carbocycles. The molecule has 2 saturated heterocycles. The number of piperazine rings is 1. The quantitative estimate of drug-likeness (QED) is 0.104. The van der Waals surface area contributed by atoms with Gasteiger partial charge in [0.15, 0.2) is 5.82 Å². The number of nitrogens with zero attached hydrogens (tertiary/aromatic N) is 6. The molecule has 300 valence electrons. The number of ether oxygens (including phenoxy) is 2. The van der Waals surface area contributed by atoms with Crippen molar-refractivity contribution in [2.75, 3.05) is 57.5 Å². The molecule has 0 aliphatic carbocycles. The van der Waals surface area contributed by atoms with Gasteiger partial charge in [-0.25, -0.2) is 9.07 Å². The zero-order valence-corrected chi connectivity index (χ0v) is 32.5. The summed E-state index contributed by atoms with van der Waals surface area (Å²) in [6, 6.07) is 41.6. The summed E-state index contributed by atoms with van der Waals surface area (Å²) < 4.78 is 30.6. The number of aromatic nitrogens is 4. The molecular weight excluding hydrogens is 748 g/mol. The number of halogens is 1. The van der Waals surface area contributed by atoms with Gasteiger partial charge in [-0.3, -0.25) is 9.69 Å². The molecule has 2 aliphatic rings. The molecule has 2 N–H and O–H groups in total. The van der Waals surface area contributed by atoms with Crippen LogP contribution in [-0.4, -0.2) is 93.3 Å². The van der Waals surface area contributed by atoms with E-state index >= 15 is 4.39 Å². The molecule has 5 aromatic carbocycles. The Bertz CT molecular complexity index is 2520. The number of hydrogen-bond acceptors (Lipinski definition) is 9. The van der Waals surface area contributed by atoms with E-state index in [-0.39, 0.29) is 36.4 Å². The molecule has 2 aromatic heterocycles. The first-order valence-corrected chi connectivity index (χ1v) is 20.1. The number of morpholine rings is 1. The van der Waals surface area contributed by atoms with Crippen molar-refractivity contribution in [2.24, 2.45) is 0 Å². The number of benzene rings is 5. The lowest BCUT2D eigenvalue weighted by Crippen LogP contribution is -2.58. The van der Waals surface area contributed by atoms with Gasteiger partial charge in [-0.2, -0.15) is 14.9 Å². The van der Waals surface area contributed by atoms with Crippen molar-refractivity contribution < 1.29 is 24.1 Å². The molecule has 0 bridgehead atoms. The normalized spacial score (nSPS) is 16.0. The van der Waals surface area contributed by atoms with E-state index in [1.54, 1.807) is 12.1 Å². The fraction of sp³-hybridized carbons (Fsp3) is 0.255. The molecule has 11 nitrogen and oxygen atoms in total. The van der Waals surface area contributed by atoms with Gasteiger partial charge in [0, 0.05) is 44.4 Å². The first-order chi connectivity index (χ1) is 29.0. The van der Waals surface area contributed by atoms with E-state index in [0.717, 1.165) is 54.2 Å². The highest BCUT2D eigenvalue weighted by atomic mass is 19.1. The molecule has 59 heavy (non-hydrogen) atoms. The van der Waals surface area contributed by atoms with Crippen LogP contribution in [0, 0.1) is 5.82 Å². The van der Waals surface area contributed by atoms with Crippen LogP contribution in [0.1, 0.15) is 29.5 Å². The Morgan fingerprint density at radius 3 is 2.15 bits per heavy atom. The summed E-state index contributed by atoms with van der Waals surface area (Å²) in [6.45, 7) is 4.84. The SMILES string of the molecule is O=c1cc2c(nn1-c1c(F)cccc1OCCCCO)c(-c1ccc(N3CCN4CCOC[C@H]4C3)c(O)c1)nn2C(c1ccccc1)(c1ccccc1)c1ccccc1. The van der Waals surface area contributed by atoms with Crippen molar-refractivity contribution in [3.8, 4) is 28.4 Å². The highest BCUT2D eigenvalue weighted by Gasteiger charge is 2.42. The van der Waals surface area contributed by atoms with Crippen LogP contribution in [-0.2, 0) is 10.3 Å². The Morgan fingerprint density at radius 2 is 1.49 bits per heavy atom. The number of aliphatic hydroxyl groups is 1. The number of rotatable bonds is 12. The number of hydrogen-bond donors (Lipinski definition) is 2. The van der Waals surface area contributed by atoms with E-state index in [1.807, 2.05) is 108 Å². The predicted octanol–water partition coefficient (Wildman–Crippen LogP) is 6.61. The number of fused-ring (bicyclic) bond motifs is 2. The third kappa shape index (κ3) is 7.03. The number of phenols is 1. The number of unbranched alkanes of at least 4 members (excludes halogenated alkanes) is 1. The fourth-order valence-electron chi connectivity index (χ4n) is 8.61. The highest BCUT2D eigenvalue weighted by Crippen LogP contribution is 2.44. The Labute approximate surface area is 341 Å². The zero-order chi connectivity index (χ0) is 40.3. The minimum absolute atomic E-state index is 0.00287. The topological polar surface area (TPSA) is 118 Å². The molecule has 0 unspecified atom stereocenters. The molecule has 0 spiro atoms. The highest BCUT2D eigenvalue weighted by molar-refractivity contribution is 5.91. The summed E-state index contributed by atoms with van der Waals surface area (Å²) >= 11 is 0. The maximum atomic E-state index is 16.0. The summed E-state index contributed by atoms with van der Waals surface area (Å²) in [5.74, 6) is -0.467. The minimum atomic E-state index is -1.12. The van der Waals surface area contributed by atoms with Crippen LogP contribution in [0.5, 0.6) is 11.5 Å². The van der Waals surface area contributed by atoms with Gasteiger partial charge in [0.2, 0.25) is 0 Å². The third-order valence-corrected chi connectivity index (χ3v) is 11.5. The molecule has 12 heteroatoms. The summed E-state index contributed by atoms with van der Waals surface area (Å²) in [5, 5.41) is 31.4. The van der Waals surface area contributed by atoms with E-state index < -0.39 is 16.9 Å². The number of aromatic hydroxyl groups is 1. The van der Waals surface area contributed by atoms with E-state index in [1.165, 1.54) is 18.2 Å². The molecular formula is C47H45FN6O5. The van der Waals surface area contributed by atoms with Crippen molar-refractivity contribution in [3.63, 3.8) is 0 Å². The standard InChI is InChI=1S/C47H45FN6O5/c48-38-19-12-20-42(59-27-11-10-26-55)46(38)53-43(57)30-40-45(49-53)44(33-21-22-39(41(56)29-33)52-24-23-51-25-28-58-32-37(51)31-52)50-54(40)47(34-13-4-1-5-14-34,35-15-6-2-7-16-35)36-17-8-3-9-18-36/h1-9,12-22,29-30,37,55-56H,10-11,23-28,31-32H2/t37-/m1/s1. The number of para-hydroxylation sites is 1. The smallest absolute Gasteiger partial charge is 0.273 e. The van der Waals surface area contributed by atoms with Crippen LogP contribution in [0.4, 0.5) is 10.1 Å². The Hall–Kier alpha value is -6.34. The maximum Gasteiger partial charge on any atom is 0.273 e. The van der Waals surface area contributed by atoms with Crippen molar-refractivity contribution in [1.82, 2.24) is 24.5 Å². The second-order valence-electron chi connectivity index (χ2n) is 15.0. The lowest BCUT2D eigenvalue weighted by molar-refractivity contribution is -0.0117. The monoisotopic (exact) mass is 792 g/mol. The summed E-state index contributed by atoms with van der Waals surface area (Å²) in [4.78, 5) is 19.1. The third-order valence-electron chi connectivity index (χ3n) is 11.5. The van der Waals surface area contributed by atoms with E-state index in [9.17, 15) is 15.0 Å². The van der Waals surface area contributed by atoms with Gasteiger partial charge in [-0.15, -0.1) is 0 Å². The van der Waals surface area contributed by atoms with Gasteiger partial charge in [0.1, 0.15) is 33.9 Å². The average Bonchev–Trinajstić information content (AvgIpc) is 3.64. The summed E-state index contributed by atoms with van der Waals surface area (Å²) in [6.07, 6.45) is 1.05.